The van der Waals surface area contributed by atoms with Crippen LogP contribution in [0, 0.1) is 5.92 Å². The van der Waals surface area contributed by atoms with E-state index < -0.39 is 0 Å². The Morgan fingerprint density at radius 3 is 2.44 bits per heavy atom. The van der Waals surface area contributed by atoms with Crippen LogP contribution >= 0.6 is 0 Å². The van der Waals surface area contributed by atoms with Gasteiger partial charge < -0.3 is 4.74 Å². The summed E-state index contributed by atoms with van der Waals surface area (Å²) in [4.78, 5) is 23.3. The third-order valence-corrected chi connectivity index (χ3v) is 2.86. The van der Waals surface area contributed by atoms with Crippen LogP contribution in [-0.4, -0.2) is 18.9 Å². The minimum absolute atomic E-state index is 0.129. The second kappa shape index (κ2) is 7.64. The summed E-state index contributed by atoms with van der Waals surface area (Å²) in [6.07, 6.45) is 2.18. The van der Waals surface area contributed by atoms with Crippen molar-refractivity contribution >= 4 is 11.8 Å². The van der Waals surface area contributed by atoms with Crippen LogP contribution in [0.2, 0.25) is 0 Å². The standard InChI is InChI=1S/C15H20O3/c1-3-7-14(16)11-13(15(17)18-2)10-12-8-5-4-6-9-12/h4-6,8-9,13H,3,7,10-11H2,1-2H3. The molecule has 1 aromatic rings. The van der Waals surface area contributed by atoms with Crippen molar-refractivity contribution in [1.29, 1.82) is 0 Å². The molecule has 0 aliphatic heterocycles. The lowest BCUT2D eigenvalue weighted by molar-refractivity contribution is -0.147. The number of ketones is 1. The third kappa shape index (κ3) is 4.70. The van der Waals surface area contributed by atoms with Crippen LogP contribution in [0.5, 0.6) is 0 Å². The average Bonchev–Trinajstić information content (AvgIpc) is 2.38. The molecule has 0 radical (unpaired) electrons. The molecule has 0 spiro atoms. The van der Waals surface area contributed by atoms with Crippen LogP contribution in [0.4, 0.5) is 0 Å². The van der Waals surface area contributed by atoms with Crippen LogP contribution in [0.3, 0.4) is 0 Å². The predicted molar refractivity (Wildman–Crippen MR) is 70.2 cm³/mol. The summed E-state index contributed by atoms with van der Waals surface area (Å²) in [6.45, 7) is 1.96. The molecule has 98 valence electrons. The van der Waals surface area contributed by atoms with Gasteiger partial charge in [0.25, 0.3) is 0 Å². The Bertz CT molecular complexity index is 384. The van der Waals surface area contributed by atoms with Crippen molar-refractivity contribution in [2.24, 2.45) is 5.92 Å². The van der Waals surface area contributed by atoms with Crippen LogP contribution in [0.15, 0.2) is 30.3 Å². The van der Waals surface area contributed by atoms with Gasteiger partial charge in [0.2, 0.25) is 0 Å². The molecule has 1 rings (SSSR count). The highest BCUT2D eigenvalue weighted by Gasteiger charge is 2.22. The summed E-state index contributed by atoms with van der Waals surface area (Å²) < 4.78 is 4.77. The quantitative estimate of drug-likeness (QED) is 0.697. The van der Waals surface area contributed by atoms with Crippen molar-refractivity contribution in [3.63, 3.8) is 0 Å². The number of hydrogen-bond donors (Lipinski definition) is 0. The van der Waals surface area contributed by atoms with E-state index in [9.17, 15) is 9.59 Å². The molecule has 3 nitrogen and oxygen atoms in total. The molecule has 0 aromatic heterocycles. The molecule has 0 fully saturated rings. The summed E-state index contributed by atoms with van der Waals surface area (Å²) in [5.74, 6) is -0.538. The van der Waals surface area contributed by atoms with Crippen LogP contribution in [0.25, 0.3) is 0 Å². The number of methoxy groups -OCH3 is 1. The molecule has 0 aliphatic rings. The summed E-state index contributed by atoms with van der Waals surface area (Å²) in [6, 6.07) is 9.70. The zero-order valence-corrected chi connectivity index (χ0v) is 11.0. The van der Waals surface area contributed by atoms with Gasteiger partial charge in [-0.2, -0.15) is 0 Å². The van der Waals surface area contributed by atoms with E-state index in [1.807, 2.05) is 37.3 Å². The van der Waals surface area contributed by atoms with Gasteiger partial charge >= 0.3 is 5.97 Å². The molecule has 0 bridgehead atoms. The van der Waals surface area contributed by atoms with Crippen LogP contribution < -0.4 is 0 Å². The number of carbonyl (C=O) groups excluding carboxylic acids is 2. The van der Waals surface area contributed by atoms with Crippen molar-refractivity contribution in [2.75, 3.05) is 7.11 Å². The minimum atomic E-state index is -0.364. The first-order chi connectivity index (χ1) is 8.67. The van der Waals surface area contributed by atoms with Crippen molar-refractivity contribution in [3.8, 4) is 0 Å². The van der Waals surface area contributed by atoms with Gasteiger partial charge in [0, 0.05) is 12.8 Å². The molecule has 18 heavy (non-hydrogen) atoms. The fourth-order valence-corrected chi connectivity index (χ4v) is 1.96. The normalized spacial score (nSPS) is 11.9. The van der Waals surface area contributed by atoms with E-state index in [1.54, 1.807) is 0 Å². The Labute approximate surface area is 108 Å². The van der Waals surface area contributed by atoms with Crippen LogP contribution in [0.1, 0.15) is 31.7 Å². The molecule has 1 unspecified atom stereocenters. The van der Waals surface area contributed by atoms with Crippen molar-refractivity contribution < 1.29 is 14.3 Å². The lowest BCUT2D eigenvalue weighted by atomic mass is 9.93. The highest BCUT2D eigenvalue weighted by molar-refractivity contribution is 5.84. The Morgan fingerprint density at radius 1 is 1.22 bits per heavy atom. The Balaban J connectivity index is 2.67. The summed E-state index contributed by atoms with van der Waals surface area (Å²) in [5, 5.41) is 0. The second-order valence-electron chi connectivity index (χ2n) is 4.40. The molecule has 0 amide bonds. The second-order valence-corrected chi connectivity index (χ2v) is 4.40. The number of hydrogen-bond acceptors (Lipinski definition) is 3. The number of Topliss-reactive ketones (excluding diaryl/α,β-unsaturated/α-hetero) is 1. The van der Waals surface area contributed by atoms with Gasteiger partial charge in [-0.15, -0.1) is 0 Å². The van der Waals surface area contributed by atoms with E-state index in [-0.39, 0.29) is 24.1 Å². The Morgan fingerprint density at radius 2 is 1.89 bits per heavy atom. The molecular weight excluding hydrogens is 228 g/mol. The van der Waals surface area contributed by atoms with Gasteiger partial charge in [-0.05, 0) is 18.4 Å². The smallest absolute Gasteiger partial charge is 0.309 e. The SMILES string of the molecule is CCCC(=O)CC(Cc1ccccc1)C(=O)OC. The first-order valence-corrected chi connectivity index (χ1v) is 6.30. The van der Waals surface area contributed by atoms with E-state index >= 15 is 0 Å². The zero-order chi connectivity index (χ0) is 13.4. The first kappa shape index (κ1) is 14.4. The number of carbonyl (C=O) groups is 2. The molecule has 0 heterocycles. The van der Waals surface area contributed by atoms with Gasteiger partial charge in [-0.25, -0.2) is 0 Å². The van der Waals surface area contributed by atoms with E-state index in [4.69, 9.17) is 4.74 Å². The summed E-state index contributed by atoms with van der Waals surface area (Å²) in [5.41, 5.74) is 1.05. The maximum absolute atomic E-state index is 11.7. The maximum atomic E-state index is 11.7. The fourth-order valence-electron chi connectivity index (χ4n) is 1.96. The Hall–Kier alpha value is -1.64. The van der Waals surface area contributed by atoms with Crippen molar-refractivity contribution in [2.45, 2.75) is 32.6 Å². The highest BCUT2D eigenvalue weighted by atomic mass is 16.5. The molecule has 0 N–H and O–H groups in total. The van der Waals surface area contributed by atoms with Gasteiger partial charge in [0.05, 0.1) is 13.0 Å². The van der Waals surface area contributed by atoms with Gasteiger partial charge in [-0.3, -0.25) is 9.59 Å². The summed E-state index contributed by atoms with van der Waals surface area (Å²) >= 11 is 0. The predicted octanol–water partition coefficient (Wildman–Crippen LogP) is 2.78. The fraction of sp³-hybridized carbons (Fsp3) is 0.467. The maximum Gasteiger partial charge on any atom is 0.309 e. The van der Waals surface area contributed by atoms with Crippen molar-refractivity contribution in [1.82, 2.24) is 0 Å². The zero-order valence-electron chi connectivity index (χ0n) is 11.0. The first-order valence-electron chi connectivity index (χ1n) is 6.30. The molecule has 1 aromatic carbocycles. The molecule has 3 heteroatoms. The van der Waals surface area contributed by atoms with E-state index in [1.165, 1.54) is 7.11 Å². The molecule has 0 aliphatic carbocycles. The minimum Gasteiger partial charge on any atom is -0.469 e. The Kier molecular flexibility index (Phi) is 6.12. The topological polar surface area (TPSA) is 43.4 Å². The van der Waals surface area contributed by atoms with E-state index in [0.717, 1.165) is 12.0 Å². The molecule has 0 saturated heterocycles. The monoisotopic (exact) mass is 248 g/mol. The van der Waals surface area contributed by atoms with E-state index in [2.05, 4.69) is 0 Å². The van der Waals surface area contributed by atoms with E-state index in [0.29, 0.717) is 12.8 Å². The van der Waals surface area contributed by atoms with Crippen LogP contribution in [-0.2, 0) is 20.7 Å². The average molecular weight is 248 g/mol. The lowest BCUT2D eigenvalue weighted by Crippen LogP contribution is -2.22. The van der Waals surface area contributed by atoms with Gasteiger partial charge in [-0.1, -0.05) is 37.3 Å². The van der Waals surface area contributed by atoms with Gasteiger partial charge in [0.15, 0.2) is 0 Å². The molecular formula is C15H20O3. The van der Waals surface area contributed by atoms with Gasteiger partial charge in [0.1, 0.15) is 5.78 Å². The largest absolute Gasteiger partial charge is 0.469 e. The number of ether oxygens (including phenoxy) is 1. The third-order valence-electron chi connectivity index (χ3n) is 2.86. The lowest BCUT2D eigenvalue weighted by Gasteiger charge is -2.13. The summed E-state index contributed by atoms with van der Waals surface area (Å²) in [7, 11) is 1.37. The number of esters is 1. The number of benzene rings is 1. The molecule has 1 atom stereocenters. The molecule has 0 saturated carbocycles. The van der Waals surface area contributed by atoms with Crippen molar-refractivity contribution in [3.05, 3.63) is 35.9 Å². The highest BCUT2D eigenvalue weighted by Crippen LogP contribution is 2.15. The number of rotatable bonds is 7.